The van der Waals surface area contributed by atoms with Crippen molar-refractivity contribution in [3.63, 3.8) is 0 Å². The second kappa shape index (κ2) is 15.5. The minimum absolute atomic E-state index is 0.118. The van der Waals surface area contributed by atoms with E-state index in [9.17, 15) is 24.2 Å². The molecule has 0 radical (unpaired) electrons. The monoisotopic (exact) mass is 618 g/mol. The van der Waals surface area contributed by atoms with E-state index in [1.807, 2.05) is 48.7 Å². The highest BCUT2D eigenvalue weighted by Gasteiger charge is 2.31. The van der Waals surface area contributed by atoms with Crippen molar-refractivity contribution >= 4 is 17.6 Å². The summed E-state index contributed by atoms with van der Waals surface area (Å²) >= 11 is 0. The molecule has 1 aromatic heterocycles. The highest BCUT2D eigenvalue weighted by Crippen LogP contribution is 2.42. The standard InChI is InChI=1S/C35H39FN2O7/c1-22(2)33-32(35(44)37-26-12-14-29(15-13-26)45-19-18-39)31(23-6-4-3-5-7-23)34(24-8-10-25(36)11-9-24)38(33)17-16-27(40)20-28(41)21-30(42)43/h3-15,22,27-28,39-41H,16-21H2,1-2H3,(H,37,44)(H,42,43)/t27-,28-/m1/s1. The number of hydrogen-bond donors (Lipinski definition) is 5. The lowest BCUT2D eigenvalue weighted by molar-refractivity contribution is -0.139. The van der Waals surface area contributed by atoms with Crippen LogP contribution < -0.4 is 10.1 Å². The molecule has 9 nitrogen and oxygen atoms in total. The van der Waals surface area contributed by atoms with Crippen molar-refractivity contribution in [2.24, 2.45) is 0 Å². The number of aliphatic carboxylic acids is 1. The van der Waals surface area contributed by atoms with E-state index in [1.165, 1.54) is 12.1 Å². The Bertz CT molecular complexity index is 1570. The molecule has 1 amide bonds. The number of carbonyl (C=O) groups excluding carboxylic acids is 1. The first-order valence-corrected chi connectivity index (χ1v) is 14.9. The van der Waals surface area contributed by atoms with Crippen LogP contribution in [-0.4, -0.2) is 62.3 Å². The van der Waals surface area contributed by atoms with E-state index in [1.54, 1.807) is 36.4 Å². The molecule has 10 heteroatoms. The van der Waals surface area contributed by atoms with E-state index in [2.05, 4.69) is 5.32 Å². The molecule has 238 valence electrons. The summed E-state index contributed by atoms with van der Waals surface area (Å²) in [6.45, 7) is 4.20. The van der Waals surface area contributed by atoms with Gasteiger partial charge in [-0.05, 0) is 78.4 Å². The maximum absolute atomic E-state index is 14.2. The fraction of sp³-hybridized carbons (Fsp3) is 0.314. The number of carbonyl (C=O) groups is 2. The molecule has 2 atom stereocenters. The van der Waals surface area contributed by atoms with Gasteiger partial charge in [-0.15, -0.1) is 0 Å². The molecular formula is C35H39FN2O7. The number of ether oxygens (including phenoxy) is 1. The van der Waals surface area contributed by atoms with Crippen molar-refractivity contribution in [3.8, 4) is 28.1 Å². The molecular weight excluding hydrogens is 579 g/mol. The molecule has 0 aliphatic carbocycles. The number of hydrogen-bond acceptors (Lipinski definition) is 6. The molecule has 0 spiro atoms. The van der Waals surface area contributed by atoms with Gasteiger partial charge >= 0.3 is 5.97 Å². The molecule has 0 bridgehead atoms. The van der Waals surface area contributed by atoms with Crippen LogP contribution >= 0.6 is 0 Å². The average molecular weight is 619 g/mol. The third kappa shape index (κ3) is 8.57. The van der Waals surface area contributed by atoms with Gasteiger partial charge < -0.3 is 35.0 Å². The average Bonchev–Trinajstić information content (AvgIpc) is 3.35. The molecule has 0 unspecified atom stereocenters. The summed E-state index contributed by atoms with van der Waals surface area (Å²) in [7, 11) is 0. The van der Waals surface area contributed by atoms with Gasteiger partial charge in [0, 0.05) is 23.5 Å². The van der Waals surface area contributed by atoms with Crippen LogP contribution in [0.4, 0.5) is 10.1 Å². The predicted molar refractivity (Wildman–Crippen MR) is 170 cm³/mol. The minimum Gasteiger partial charge on any atom is -0.491 e. The Kier molecular flexibility index (Phi) is 11.5. The Morgan fingerprint density at radius 1 is 0.911 bits per heavy atom. The largest absolute Gasteiger partial charge is 0.491 e. The van der Waals surface area contributed by atoms with Crippen LogP contribution in [0.5, 0.6) is 5.75 Å². The van der Waals surface area contributed by atoms with Crippen molar-refractivity contribution in [1.29, 1.82) is 0 Å². The van der Waals surface area contributed by atoms with Gasteiger partial charge in [-0.3, -0.25) is 9.59 Å². The first kappa shape index (κ1) is 33.4. The number of nitrogens with zero attached hydrogens (tertiary/aromatic N) is 1. The Morgan fingerprint density at radius 2 is 1.58 bits per heavy atom. The molecule has 0 fully saturated rings. The molecule has 4 aromatic rings. The van der Waals surface area contributed by atoms with E-state index in [0.717, 1.165) is 5.56 Å². The number of aliphatic hydroxyl groups is 3. The third-order valence-corrected chi connectivity index (χ3v) is 7.37. The quantitative estimate of drug-likeness (QED) is 0.115. The Morgan fingerprint density at radius 3 is 2.18 bits per heavy atom. The van der Waals surface area contributed by atoms with E-state index < -0.39 is 30.4 Å². The molecule has 3 aromatic carbocycles. The Labute approximate surface area is 261 Å². The van der Waals surface area contributed by atoms with Gasteiger partial charge in [-0.1, -0.05) is 44.2 Å². The second-order valence-electron chi connectivity index (χ2n) is 11.1. The Balaban J connectivity index is 1.84. The molecule has 0 saturated heterocycles. The number of carboxylic acid groups (broad SMARTS) is 1. The first-order chi connectivity index (χ1) is 21.6. The fourth-order valence-corrected chi connectivity index (χ4v) is 5.48. The fourth-order valence-electron chi connectivity index (χ4n) is 5.48. The van der Waals surface area contributed by atoms with Crippen molar-refractivity contribution in [2.75, 3.05) is 18.5 Å². The van der Waals surface area contributed by atoms with E-state index in [0.29, 0.717) is 39.5 Å². The second-order valence-corrected chi connectivity index (χ2v) is 11.1. The van der Waals surface area contributed by atoms with Crippen molar-refractivity contribution in [3.05, 3.63) is 95.9 Å². The number of aliphatic hydroxyl groups excluding tert-OH is 3. The first-order valence-electron chi connectivity index (χ1n) is 14.9. The SMILES string of the molecule is CC(C)c1c(C(=O)Nc2ccc(OCCO)cc2)c(-c2ccccc2)c(-c2ccc(F)cc2)n1CC[C@@H](O)C[C@@H](O)CC(=O)O. The molecule has 0 aliphatic rings. The number of carboxylic acids is 1. The summed E-state index contributed by atoms with van der Waals surface area (Å²) < 4.78 is 21.5. The van der Waals surface area contributed by atoms with Crippen LogP contribution in [0.1, 0.15) is 55.1 Å². The number of benzene rings is 3. The van der Waals surface area contributed by atoms with Gasteiger partial charge in [-0.25, -0.2) is 4.39 Å². The molecule has 4 rings (SSSR count). The summed E-state index contributed by atoms with van der Waals surface area (Å²) in [6.07, 6.45) is -2.64. The van der Waals surface area contributed by atoms with Crippen molar-refractivity contribution < 1.29 is 39.1 Å². The smallest absolute Gasteiger partial charge is 0.305 e. The van der Waals surface area contributed by atoms with Crippen molar-refractivity contribution in [1.82, 2.24) is 4.57 Å². The predicted octanol–water partition coefficient (Wildman–Crippen LogP) is 5.68. The number of anilines is 1. The number of nitrogens with one attached hydrogen (secondary N) is 1. The van der Waals surface area contributed by atoms with Gasteiger partial charge in [-0.2, -0.15) is 0 Å². The van der Waals surface area contributed by atoms with Crippen LogP contribution in [0.15, 0.2) is 78.9 Å². The molecule has 1 heterocycles. The summed E-state index contributed by atoms with van der Waals surface area (Å²) in [4.78, 5) is 25.3. The number of rotatable bonds is 15. The topological polar surface area (TPSA) is 141 Å². The molecule has 5 N–H and O–H groups in total. The van der Waals surface area contributed by atoms with E-state index in [4.69, 9.17) is 14.9 Å². The summed E-state index contributed by atoms with van der Waals surface area (Å²) in [5, 5.41) is 41.9. The lowest BCUT2D eigenvalue weighted by Crippen LogP contribution is -2.22. The summed E-state index contributed by atoms with van der Waals surface area (Å²) in [6, 6.07) is 22.2. The van der Waals surface area contributed by atoms with Crippen LogP contribution in [0, 0.1) is 5.82 Å². The van der Waals surface area contributed by atoms with Gasteiger partial charge in [0.1, 0.15) is 18.2 Å². The normalized spacial score (nSPS) is 12.6. The van der Waals surface area contributed by atoms with Crippen LogP contribution in [-0.2, 0) is 11.3 Å². The zero-order valence-electron chi connectivity index (χ0n) is 25.3. The number of aromatic nitrogens is 1. The van der Waals surface area contributed by atoms with E-state index >= 15 is 0 Å². The number of amides is 1. The molecule has 0 saturated carbocycles. The van der Waals surface area contributed by atoms with E-state index in [-0.39, 0.29) is 44.4 Å². The Hall–Kier alpha value is -4.51. The zero-order valence-corrected chi connectivity index (χ0v) is 25.3. The minimum atomic E-state index is -1.20. The van der Waals surface area contributed by atoms with Gasteiger partial charge in [0.15, 0.2) is 0 Å². The van der Waals surface area contributed by atoms with Crippen LogP contribution in [0.25, 0.3) is 22.4 Å². The highest BCUT2D eigenvalue weighted by molar-refractivity contribution is 6.12. The van der Waals surface area contributed by atoms with Gasteiger partial charge in [0.05, 0.1) is 36.5 Å². The maximum atomic E-state index is 14.2. The molecule has 0 aliphatic heterocycles. The molecule has 45 heavy (non-hydrogen) atoms. The lowest BCUT2D eigenvalue weighted by Gasteiger charge is -2.20. The van der Waals surface area contributed by atoms with Gasteiger partial charge in [0.25, 0.3) is 5.91 Å². The number of halogens is 1. The highest BCUT2D eigenvalue weighted by atomic mass is 19.1. The summed E-state index contributed by atoms with van der Waals surface area (Å²) in [5.74, 6) is -1.54. The summed E-state index contributed by atoms with van der Waals surface area (Å²) in [5.41, 5.74) is 4.41. The van der Waals surface area contributed by atoms with Crippen LogP contribution in [0.3, 0.4) is 0 Å². The zero-order chi connectivity index (χ0) is 32.5. The van der Waals surface area contributed by atoms with Crippen molar-refractivity contribution in [2.45, 2.75) is 57.8 Å². The van der Waals surface area contributed by atoms with Crippen LogP contribution in [0.2, 0.25) is 0 Å². The van der Waals surface area contributed by atoms with Gasteiger partial charge in [0.2, 0.25) is 0 Å². The maximum Gasteiger partial charge on any atom is 0.305 e. The third-order valence-electron chi connectivity index (χ3n) is 7.37. The lowest BCUT2D eigenvalue weighted by atomic mass is 9.94.